The molecule has 0 spiro atoms. The third kappa shape index (κ3) is 3.59. The van der Waals surface area contributed by atoms with Crippen LogP contribution in [0.15, 0.2) is 35.1 Å². The summed E-state index contributed by atoms with van der Waals surface area (Å²) in [6.07, 6.45) is 4.39. The van der Waals surface area contributed by atoms with Crippen LogP contribution in [-0.2, 0) is 0 Å². The number of carbonyl (C=O) groups excluding carboxylic acids is 2. The summed E-state index contributed by atoms with van der Waals surface area (Å²) in [7, 11) is 0. The lowest BCUT2D eigenvalue weighted by Gasteiger charge is -2.32. The fourth-order valence-electron chi connectivity index (χ4n) is 2.77. The summed E-state index contributed by atoms with van der Waals surface area (Å²) in [4.78, 5) is 30.4. The molecule has 0 bridgehead atoms. The van der Waals surface area contributed by atoms with Crippen molar-refractivity contribution < 1.29 is 14.0 Å². The summed E-state index contributed by atoms with van der Waals surface area (Å²) < 4.78 is 5.19. The van der Waals surface area contributed by atoms with Crippen LogP contribution in [-0.4, -0.2) is 40.8 Å². The number of halogens is 1. The second-order valence-corrected chi connectivity index (χ2v) is 6.23. The van der Waals surface area contributed by atoms with Gasteiger partial charge in [-0.3, -0.25) is 9.59 Å². The van der Waals surface area contributed by atoms with Gasteiger partial charge in [-0.1, -0.05) is 11.6 Å². The summed E-state index contributed by atoms with van der Waals surface area (Å²) in [5, 5.41) is 3.45. The van der Waals surface area contributed by atoms with Crippen molar-refractivity contribution in [3.8, 4) is 0 Å². The summed E-state index contributed by atoms with van der Waals surface area (Å²) in [6.45, 7) is 2.98. The van der Waals surface area contributed by atoms with Gasteiger partial charge in [0.05, 0.1) is 16.8 Å². The largest absolute Gasteiger partial charge is 0.469 e. The predicted molar refractivity (Wildman–Crippen MR) is 89.1 cm³/mol. The van der Waals surface area contributed by atoms with Crippen LogP contribution >= 0.6 is 11.6 Å². The molecular weight excluding hydrogens is 330 g/mol. The normalized spacial score (nSPS) is 15.3. The molecule has 2 amide bonds. The minimum atomic E-state index is -0.220. The molecule has 126 valence electrons. The molecule has 24 heavy (non-hydrogen) atoms. The molecule has 2 aromatic rings. The molecule has 1 saturated heterocycles. The zero-order valence-corrected chi connectivity index (χ0v) is 14.0. The first kappa shape index (κ1) is 16.5. The van der Waals surface area contributed by atoms with Crippen LogP contribution < -0.4 is 5.32 Å². The van der Waals surface area contributed by atoms with E-state index >= 15 is 0 Å². The Balaban J connectivity index is 1.53. The van der Waals surface area contributed by atoms with Gasteiger partial charge in [-0.05, 0) is 38.0 Å². The number of amides is 2. The first-order chi connectivity index (χ1) is 11.5. The Labute approximate surface area is 144 Å². The van der Waals surface area contributed by atoms with Crippen molar-refractivity contribution in [2.75, 3.05) is 13.1 Å². The molecule has 0 saturated carbocycles. The Kier molecular flexibility index (Phi) is 4.85. The van der Waals surface area contributed by atoms with Crippen LogP contribution in [0.1, 0.15) is 39.4 Å². The second kappa shape index (κ2) is 7.05. The van der Waals surface area contributed by atoms with Gasteiger partial charge in [-0.25, -0.2) is 4.98 Å². The van der Waals surface area contributed by atoms with Gasteiger partial charge in [0.15, 0.2) is 0 Å². The van der Waals surface area contributed by atoms with Crippen LogP contribution in [0.3, 0.4) is 0 Å². The molecule has 2 aromatic heterocycles. The SMILES string of the molecule is Cc1occc1C(=O)N1CCC(NC(=O)c2ccc(Cl)cn2)CC1. The quantitative estimate of drug-likeness (QED) is 0.926. The maximum Gasteiger partial charge on any atom is 0.270 e. The van der Waals surface area contributed by atoms with Crippen molar-refractivity contribution in [3.05, 3.63) is 52.7 Å². The van der Waals surface area contributed by atoms with E-state index in [1.165, 1.54) is 12.5 Å². The predicted octanol–water partition coefficient (Wildman–Crippen LogP) is 2.67. The maximum atomic E-state index is 12.4. The zero-order chi connectivity index (χ0) is 17.1. The lowest BCUT2D eigenvalue weighted by molar-refractivity contribution is 0.0696. The highest BCUT2D eigenvalue weighted by molar-refractivity contribution is 6.30. The highest BCUT2D eigenvalue weighted by Crippen LogP contribution is 2.17. The van der Waals surface area contributed by atoms with Crippen LogP contribution in [0, 0.1) is 6.92 Å². The molecule has 0 aliphatic carbocycles. The summed E-state index contributed by atoms with van der Waals surface area (Å²) in [5.74, 6) is 0.386. The van der Waals surface area contributed by atoms with Gasteiger partial charge >= 0.3 is 0 Å². The van der Waals surface area contributed by atoms with Crippen LogP contribution in [0.4, 0.5) is 0 Å². The molecule has 1 fully saturated rings. The van der Waals surface area contributed by atoms with Gasteiger partial charge in [-0.2, -0.15) is 0 Å². The van der Waals surface area contributed by atoms with E-state index in [0.29, 0.717) is 48.0 Å². The van der Waals surface area contributed by atoms with E-state index in [-0.39, 0.29) is 17.9 Å². The van der Waals surface area contributed by atoms with Gasteiger partial charge < -0.3 is 14.6 Å². The molecule has 0 unspecified atom stereocenters. The van der Waals surface area contributed by atoms with Crippen molar-refractivity contribution >= 4 is 23.4 Å². The molecule has 7 heteroatoms. The van der Waals surface area contributed by atoms with E-state index in [9.17, 15) is 9.59 Å². The molecule has 1 N–H and O–H groups in total. The van der Waals surface area contributed by atoms with E-state index in [2.05, 4.69) is 10.3 Å². The average Bonchev–Trinajstić information content (AvgIpc) is 3.01. The second-order valence-electron chi connectivity index (χ2n) is 5.79. The number of hydrogen-bond acceptors (Lipinski definition) is 4. The van der Waals surface area contributed by atoms with E-state index in [1.807, 2.05) is 0 Å². The van der Waals surface area contributed by atoms with Crippen molar-refractivity contribution in [1.29, 1.82) is 0 Å². The van der Waals surface area contributed by atoms with E-state index in [1.54, 1.807) is 30.0 Å². The number of furan rings is 1. The van der Waals surface area contributed by atoms with Gasteiger partial charge in [0.2, 0.25) is 0 Å². The third-order valence-electron chi connectivity index (χ3n) is 4.17. The standard InChI is InChI=1S/C17H18ClN3O3/c1-11-14(6-9-24-11)17(23)21-7-4-13(5-8-21)20-16(22)15-3-2-12(18)10-19-15/h2-3,6,9-10,13H,4-5,7-8H2,1H3,(H,20,22). The first-order valence-corrected chi connectivity index (χ1v) is 8.18. The molecule has 1 aliphatic rings. The molecular formula is C17H18ClN3O3. The lowest BCUT2D eigenvalue weighted by atomic mass is 10.0. The molecule has 0 radical (unpaired) electrons. The molecule has 3 rings (SSSR count). The Hall–Kier alpha value is -2.34. The van der Waals surface area contributed by atoms with Crippen LogP contribution in [0.25, 0.3) is 0 Å². The van der Waals surface area contributed by atoms with Gasteiger partial charge in [0, 0.05) is 25.3 Å². The summed E-state index contributed by atoms with van der Waals surface area (Å²) >= 11 is 5.77. The highest BCUT2D eigenvalue weighted by atomic mass is 35.5. The number of likely N-dealkylation sites (tertiary alicyclic amines) is 1. The van der Waals surface area contributed by atoms with Crippen LogP contribution in [0.5, 0.6) is 0 Å². The Bertz CT molecular complexity index is 734. The average molecular weight is 348 g/mol. The topological polar surface area (TPSA) is 75.4 Å². The van der Waals surface area contributed by atoms with Crippen molar-refractivity contribution in [1.82, 2.24) is 15.2 Å². The molecule has 0 atom stereocenters. The van der Waals surface area contributed by atoms with Gasteiger partial charge in [0.1, 0.15) is 11.5 Å². The number of hydrogen-bond donors (Lipinski definition) is 1. The summed E-state index contributed by atoms with van der Waals surface area (Å²) in [6, 6.07) is 4.96. The number of aryl methyl sites for hydroxylation is 1. The van der Waals surface area contributed by atoms with Gasteiger partial charge in [-0.15, -0.1) is 0 Å². The number of carbonyl (C=O) groups is 2. The molecule has 1 aliphatic heterocycles. The first-order valence-electron chi connectivity index (χ1n) is 7.80. The summed E-state index contributed by atoms with van der Waals surface area (Å²) in [5.41, 5.74) is 0.940. The molecule has 3 heterocycles. The third-order valence-corrected chi connectivity index (χ3v) is 4.39. The monoisotopic (exact) mass is 347 g/mol. The number of rotatable bonds is 3. The van der Waals surface area contributed by atoms with Crippen LogP contribution in [0.2, 0.25) is 5.02 Å². The van der Waals surface area contributed by atoms with E-state index < -0.39 is 0 Å². The number of nitrogens with zero attached hydrogens (tertiary/aromatic N) is 2. The highest BCUT2D eigenvalue weighted by Gasteiger charge is 2.26. The fraction of sp³-hybridized carbons (Fsp3) is 0.353. The Morgan fingerprint density at radius 2 is 2.04 bits per heavy atom. The molecule has 6 nitrogen and oxygen atoms in total. The van der Waals surface area contributed by atoms with Crippen molar-refractivity contribution in [2.45, 2.75) is 25.8 Å². The number of aromatic nitrogens is 1. The maximum absolute atomic E-state index is 12.4. The number of piperidine rings is 1. The smallest absolute Gasteiger partial charge is 0.270 e. The number of pyridine rings is 1. The zero-order valence-electron chi connectivity index (χ0n) is 13.3. The lowest BCUT2D eigenvalue weighted by Crippen LogP contribution is -2.46. The van der Waals surface area contributed by atoms with Crippen molar-refractivity contribution in [2.24, 2.45) is 0 Å². The van der Waals surface area contributed by atoms with Gasteiger partial charge in [0.25, 0.3) is 11.8 Å². The van der Waals surface area contributed by atoms with E-state index in [0.717, 1.165) is 0 Å². The number of nitrogens with one attached hydrogen (secondary N) is 1. The Morgan fingerprint density at radius 3 is 2.62 bits per heavy atom. The Morgan fingerprint density at radius 1 is 1.29 bits per heavy atom. The molecule has 0 aromatic carbocycles. The minimum absolute atomic E-state index is 0.0228. The fourth-order valence-corrected chi connectivity index (χ4v) is 2.89. The minimum Gasteiger partial charge on any atom is -0.469 e. The van der Waals surface area contributed by atoms with Crippen molar-refractivity contribution in [3.63, 3.8) is 0 Å². The van der Waals surface area contributed by atoms with E-state index in [4.69, 9.17) is 16.0 Å².